The number of ether oxygens (including phenoxy) is 1. The van der Waals surface area contributed by atoms with Crippen LogP contribution in [0.3, 0.4) is 0 Å². The number of carbonyl (C=O) groups is 1. The van der Waals surface area contributed by atoms with Gasteiger partial charge in [-0.05, 0) is 29.7 Å². The van der Waals surface area contributed by atoms with E-state index < -0.39 is 0 Å². The molecule has 2 aliphatic rings. The number of carbonyl (C=O) groups excluding carboxylic acids is 1. The number of thioether (sulfide) groups is 1. The van der Waals surface area contributed by atoms with Gasteiger partial charge in [0.2, 0.25) is 0 Å². The number of hydrogen-bond acceptors (Lipinski definition) is 8. The van der Waals surface area contributed by atoms with Crippen molar-refractivity contribution in [3.63, 3.8) is 0 Å². The highest BCUT2D eigenvalue weighted by Crippen LogP contribution is 2.24. The molecular weight excluding hydrogens is 520 g/mol. The van der Waals surface area contributed by atoms with Gasteiger partial charge in [0.15, 0.2) is 5.16 Å². The third-order valence-electron chi connectivity index (χ3n) is 7.43. The zero-order valence-electron chi connectivity index (χ0n) is 23.4. The van der Waals surface area contributed by atoms with Crippen LogP contribution in [0.15, 0.2) is 65.8 Å². The minimum Gasteiger partial charge on any atom is -0.379 e. The van der Waals surface area contributed by atoms with Gasteiger partial charge in [-0.3, -0.25) is 14.6 Å². The van der Waals surface area contributed by atoms with Crippen molar-refractivity contribution in [2.24, 2.45) is 0 Å². The molecule has 0 unspecified atom stereocenters. The summed E-state index contributed by atoms with van der Waals surface area (Å²) < 4.78 is 5.39. The molecule has 9 heteroatoms. The summed E-state index contributed by atoms with van der Waals surface area (Å²) in [6, 6.07) is 20.7. The molecule has 0 bridgehead atoms. The maximum absolute atomic E-state index is 12.7. The topological polar surface area (TPSA) is 73.8 Å². The fourth-order valence-corrected chi connectivity index (χ4v) is 5.86. The van der Waals surface area contributed by atoms with Crippen LogP contribution < -0.4 is 10.2 Å². The lowest BCUT2D eigenvalue weighted by atomic mass is 10.1. The molecule has 2 saturated heterocycles. The van der Waals surface area contributed by atoms with E-state index >= 15 is 0 Å². The fourth-order valence-electron chi connectivity index (χ4n) is 5.05. The molecule has 40 heavy (non-hydrogen) atoms. The van der Waals surface area contributed by atoms with Crippen molar-refractivity contribution in [1.82, 2.24) is 25.1 Å². The number of aromatic nitrogens is 2. The Labute approximate surface area is 242 Å². The largest absolute Gasteiger partial charge is 0.379 e. The Morgan fingerprint density at radius 2 is 1.68 bits per heavy atom. The van der Waals surface area contributed by atoms with Crippen LogP contribution in [-0.4, -0.2) is 91.2 Å². The van der Waals surface area contributed by atoms with Crippen molar-refractivity contribution in [3.05, 3.63) is 83.0 Å². The molecule has 1 aromatic heterocycles. The maximum Gasteiger partial charge on any atom is 0.251 e. The molecule has 3 aromatic rings. The highest BCUT2D eigenvalue weighted by Gasteiger charge is 2.20. The first-order chi connectivity index (χ1) is 19.7. The molecule has 8 nitrogen and oxygen atoms in total. The van der Waals surface area contributed by atoms with Crippen LogP contribution in [0.5, 0.6) is 0 Å². The third kappa shape index (κ3) is 8.27. The van der Waals surface area contributed by atoms with Crippen molar-refractivity contribution < 1.29 is 9.53 Å². The van der Waals surface area contributed by atoms with Crippen molar-refractivity contribution in [3.8, 4) is 0 Å². The summed E-state index contributed by atoms with van der Waals surface area (Å²) in [5.41, 5.74) is 4.21. The van der Waals surface area contributed by atoms with Crippen LogP contribution in [0.1, 0.15) is 34.1 Å². The summed E-state index contributed by atoms with van der Waals surface area (Å²) in [5.74, 6) is 1.70. The predicted octanol–water partition coefficient (Wildman–Crippen LogP) is 3.72. The van der Waals surface area contributed by atoms with E-state index in [2.05, 4.69) is 69.4 Å². The number of anilines is 1. The Balaban J connectivity index is 1.14. The lowest BCUT2D eigenvalue weighted by Gasteiger charge is -2.35. The van der Waals surface area contributed by atoms with Gasteiger partial charge < -0.3 is 15.0 Å². The van der Waals surface area contributed by atoms with E-state index in [4.69, 9.17) is 14.7 Å². The molecule has 5 rings (SSSR count). The molecule has 0 saturated carbocycles. The maximum atomic E-state index is 12.7. The van der Waals surface area contributed by atoms with Gasteiger partial charge in [-0.25, -0.2) is 9.97 Å². The lowest BCUT2D eigenvalue weighted by molar-refractivity contribution is 0.0383. The first-order valence-electron chi connectivity index (χ1n) is 14.4. The SMILES string of the molecule is CCc1cc(N2CCN(Cc3ccccc3)CC2)nc(SCc2cccc(C(=O)NCCN3CCOCC3)c2)n1. The first kappa shape index (κ1) is 28.5. The van der Waals surface area contributed by atoms with Crippen molar-refractivity contribution >= 4 is 23.5 Å². The Morgan fingerprint density at radius 3 is 2.45 bits per heavy atom. The van der Waals surface area contributed by atoms with E-state index in [0.29, 0.717) is 17.9 Å². The van der Waals surface area contributed by atoms with Crippen LogP contribution >= 0.6 is 11.8 Å². The summed E-state index contributed by atoms with van der Waals surface area (Å²) in [6.07, 6.45) is 0.872. The van der Waals surface area contributed by atoms with Crippen LogP contribution in [0.25, 0.3) is 0 Å². The van der Waals surface area contributed by atoms with Gasteiger partial charge in [0.05, 0.1) is 13.2 Å². The van der Waals surface area contributed by atoms with Crippen molar-refractivity contribution in [2.75, 3.05) is 70.5 Å². The lowest BCUT2D eigenvalue weighted by Crippen LogP contribution is -2.46. The van der Waals surface area contributed by atoms with E-state index in [1.807, 2.05) is 18.2 Å². The standard InChI is InChI=1S/C31H40N6O2S/c1-2-28-22-29(37-15-13-36(14-16-37)23-25-7-4-3-5-8-25)34-31(33-28)40-24-26-9-6-10-27(21-26)30(38)32-11-12-35-17-19-39-20-18-35/h3-10,21-22H,2,11-20,23-24H2,1H3,(H,32,38). The number of nitrogens with one attached hydrogen (secondary N) is 1. The summed E-state index contributed by atoms with van der Waals surface area (Å²) in [4.78, 5) is 29.7. The zero-order chi connectivity index (χ0) is 27.6. The molecule has 0 atom stereocenters. The molecule has 1 N–H and O–H groups in total. The van der Waals surface area contributed by atoms with Crippen LogP contribution in [0.4, 0.5) is 5.82 Å². The molecule has 212 valence electrons. The Bertz CT molecular complexity index is 1230. The number of piperazine rings is 1. The van der Waals surface area contributed by atoms with Gasteiger partial charge in [-0.1, -0.05) is 61.2 Å². The molecule has 3 heterocycles. The fraction of sp³-hybridized carbons (Fsp3) is 0.452. The van der Waals surface area contributed by atoms with Crippen LogP contribution in [-0.2, 0) is 23.5 Å². The Morgan fingerprint density at radius 1 is 0.900 bits per heavy atom. The van der Waals surface area contributed by atoms with Gasteiger partial charge >= 0.3 is 0 Å². The van der Waals surface area contributed by atoms with E-state index in [1.54, 1.807) is 11.8 Å². The average Bonchev–Trinajstić information content (AvgIpc) is 3.01. The zero-order valence-corrected chi connectivity index (χ0v) is 24.2. The minimum absolute atomic E-state index is 0.0296. The molecular formula is C31H40N6O2S. The number of amides is 1. The Hall–Kier alpha value is -2.98. The molecule has 2 fully saturated rings. The number of rotatable bonds is 11. The van der Waals surface area contributed by atoms with Gasteiger partial charge in [-0.15, -0.1) is 0 Å². The molecule has 2 aliphatic heterocycles. The van der Waals surface area contributed by atoms with Crippen LogP contribution in [0, 0.1) is 0 Å². The van der Waals surface area contributed by atoms with Gasteiger partial charge in [0.1, 0.15) is 5.82 Å². The second-order valence-electron chi connectivity index (χ2n) is 10.3. The quantitative estimate of drug-likeness (QED) is 0.281. The molecule has 0 aliphatic carbocycles. The second kappa shape index (κ2) is 14.6. The highest BCUT2D eigenvalue weighted by atomic mass is 32.2. The molecule has 1 amide bonds. The van der Waals surface area contributed by atoms with E-state index in [9.17, 15) is 4.79 Å². The third-order valence-corrected chi connectivity index (χ3v) is 8.35. The normalized spacial score (nSPS) is 16.7. The second-order valence-corrected chi connectivity index (χ2v) is 11.2. The minimum atomic E-state index is -0.0296. The summed E-state index contributed by atoms with van der Waals surface area (Å²) in [6.45, 7) is 12.0. The van der Waals surface area contributed by atoms with E-state index in [1.165, 1.54) is 5.56 Å². The van der Waals surface area contributed by atoms with Gasteiger partial charge in [0.25, 0.3) is 5.91 Å². The van der Waals surface area contributed by atoms with E-state index in [-0.39, 0.29) is 5.91 Å². The molecule has 0 radical (unpaired) electrons. The van der Waals surface area contributed by atoms with Gasteiger partial charge in [-0.2, -0.15) is 0 Å². The molecule has 0 spiro atoms. The van der Waals surface area contributed by atoms with E-state index in [0.717, 1.165) is 94.2 Å². The van der Waals surface area contributed by atoms with Crippen molar-refractivity contribution in [2.45, 2.75) is 30.8 Å². The predicted molar refractivity (Wildman–Crippen MR) is 161 cm³/mol. The Kier molecular flexibility index (Phi) is 10.4. The number of nitrogens with zero attached hydrogens (tertiary/aromatic N) is 5. The highest BCUT2D eigenvalue weighted by molar-refractivity contribution is 7.98. The summed E-state index contributed by atoms with van der Waals surface area (Å²) >= 11 is 1.63. The summed E-state index contributed by atoms with van der Waals surface area (Å²) in [7, 11) is 0. The monoisotopic (exact) mass is 560 g/mol. The summed E-state index contributed by atoms with van der Waals surface area (Å²) in [5, 5.41) is 3.85. The van der Waals surface area contributed by atoms with Crippen molar-refractivity contribution in [1.29, 1.82) is 0 Å². The van der Waals surface area contributed by atoms with Gasteiger partial charge in [0, 0.05) is 82.0 Å². The number of aryl methyl sites for hydroxylation is 1. The smallest absolute Gasteiger partial charge is 0.251 e. The number of hydrogen-bond donors (Lipinski definition) is 1. The number of benzene rings is 2. The molecule has 2 aromatic carbocycles. The number of morpholine rings is 1. The first-order valence-corrected chi connectivity index (χ1v) is 15.3. The average molecular weight is 561 g/mol. The van der Waals surface area contributed by atoms with Crippen LogP contribution in [0.2, 0.25) is 0 Å².